The molecule has 1 rings (SSSR count). The van der Waals surface area contributed by atoms with E-state index in [1.54, 1.807) is 0 Å². The van der Waals surface area contributed by atoms with E-state index in [2.05, 4.69) is 4.98 Å². The molecule has 0 saturated carbocycles. The van der Waals surface area contributed by atoms with Gasteiger partial charge in [0.15, 0.2) is 5.82 Å². The molecule has 0 spiro atoms. The molecule has 13 heavy (non-hydrogen) atoms. The summed E-state index contributed by atoms with van der Waals surface area (Å²) in [5, 5.41) is 8.08. The quantitative estimate of drug-likeness (QED) is 0.638. The maximum Gasteiger partial charge on any atom is 0.340 e. The maximum atomic E-state index is 12.8. The van der Waals surface area contributed by atoms with E-state index < -0.39 is 28.3 Å². The highest BCUT2D eigenvalue weighted by atomic mass is 127. The average Bonchev–Trinajstić information content (AvgIpc) is 2.01. The summed E-state index contributed by atoms with van der Waals surface area (Å²) in [5.74, 6) is -4.63. The second-order valence-electron chi connectivity index (χ2n) is 2.00. The first-order valence-electron chi connectivity index (χ1n) is 2.88. The minimum absolute atomic E-state index is 0.0874. The highest BCUT2D eigenvalue weighted by molar-refractivity contribution is 14.1. The topological polar surface area (TPSA) is 50.2 Å². The van der Waals surface area contributed by atoms with Crippen LogP contribution in [0, 0.1) is 15.5 Å². The van der Waals surface area contributed by atoms with E-state index >= 15 is 0 Å². The molecule has 0 radical (unpaired) electrons. The Kier molecular flexibility index (Phi) is 3.01. The molecule has 3 nitrogen and oxygen atoms in total. The highest BCUT2D eigenvalue weighted by Gasteiger charge is 2.22. The second-order valence-corrected chi connectivity index (χ2v) is 3.40. The number of aromatic carboxylic acids is 1. The van der Waals surface area contributed by atoms with Crippen LogP contribution in [0.25, 0.3) is 0 Å². The lowest BCUT2D eigenvalue weighted by Gasteiger charge is -2.02. The van der Waals surface area contributed by atoms with Crippen molar-refractivity contribution in [2.24, 2.45) is 0 Å². The van der Waals surface area contributed by atoms with Gasteiger partial charge in [-0.15, -0.1) is 0 Å². The summed E-state index contributed by atoms with van der Waals surface area (Å²) in [6.07, 6.45) is 0. The van der Waals surface area contributed by atoms with Crippen LogP contribution in [0.15, 0.2) is 0 Å². The van der Waals surface area contributed by atoms with Gasteiger partial charge in [-0.3, -0.25) is 0 Å². The van der Waals surface area contributed by atoms with Crippen LogP contribution in [0.5, 0.6) is 0 Å². The number of carbonyl (C=O) groups is 1. The Balaban J connectivity index is 3.56. The Morgan fingerprint density at radius 1 is 1.54 bits per heavy atom. The first kappa shape index (κ1) is 10.6. The lowest BCUT2D eigenvalue weighted by atomic mass is 10.2. The zero-order valence-electron chi connectivity index (χ0n) is 5.81. The van der Waals surface area contributed by atoms with Crippen molar-refractivity contribution in [3.8, 4) is 0 Å². The van der Waals surface area contributed by atoms with Crippen molar-refractivity contribution in [2.45, 2.75) is 0 Å². The first-order chi connectivity index (χ1) is 5.95. The van der Waals surface area contributed by atoms with Crippen molar-refractivity contribution in [3.05, 3.63) is 26.1 Å². The molecule has 0 aliphatic heterocycles. The fraction of sp³-hybridized carbons (Fsp3) is 0. The fourth-order valence-corrected chi connectivity index (χ4v) is 1.36. The summed E-state index contributed by atoms with van der Waals surface area (Å²) in [4.78, 5) is 13.5. The van der Waals surface area contributed by atoms with Crippen LogP contribution in [0.1, 0.15) is 10.4 Å². The Morgan fingerprint density at radius 3 is 2.54 bits per heavy atom. The standard InChI is InChI=1S/C6HClF2INO2/c7-2-1(6(12)13)3(8)4(9)11-5(2)10/h(H,12,13). The molecule has 0 aliphatic rings. The van der Waals surface area contributed by atoms with E-state index in [-0.39, 0.29) is 3.70 Å². The van der Waals surface area contributed by atoms with Gasteiger partial charge in [0, 0.05) is 0 Å². The molecule has 0 saturated heterocycles. The fourth-order valence-electron chi connectivity index (χ4n) is 0.675. The second kappa shape index (κ2) is 3.70. The van der Waals surface area contributed by atoms with E-state index in [9.17, 15) is 13.6 Å². The third-order valence-electron chi connectivity index (χ3n) is 1.21. The summed E-state index contributed by atoms with van der Waals surface area (Å²) < 4.78 is 25.3. The maximum absolute atomic E-state index is 12.8. The first-order valence-corrected chi connectivity index (χ1v) is 4.34. The molecule has 0 atom stereocenters. The van der Waals surface area contributed by atoms with Gasteiger partial charge in [0.05, 0.1) is 5.02 Å². The SMILES string of the molecule is O=C(O)c1c(F)c(F)nc(I)c1Cl. The Bertz CT molecular complexity index is 359. The molecule has 0 fully saturated rings. The molecular formula is C6HClF2INO2. The predicted octanol–water partition coefficient (Wildman–Crippen LogP) is 2.32. The number of pyridine rings is 1. The van der Waals surface area contributed by atoms with Crippen molar-refractivity contribution in [1.82, 2.24) is 4.98 Å². The summed E-state index contributed by atoms with van der Waals surface area (Å²) in [6, 6.07) is 0. The van der Waals surface area contributed by atoms with Gasteiger partial charge >= 0.3 is 5.97 Å². The van der Waals surface area contributed by atoms with Gasteiger partial charge in [-0.1, -0.05) is 11.6 Å². The van der Waals surface area contributed by atoms with Gasteiger partial charge in [0.25, 0.3) is 5.95 Å². The molecule has 0 amide bonds. The van der Waals surface area contributed by atoms with Gasteiger partial charge in [-0.2, -0.15) is 4.39 Å². The number of carboxylic acid groups (broad SMARTS) is 1. The van der Waals surface area contributed by atoms with Crippen molar-refractivity contribution >= 4 is 40.2 Å². The van der Waals surface area contributed by atoms with Crippen LogP contribution in [0.3, 0.4) is 0 Å². The lowest BCUT2D eigenvalue weighted by Crippen LogP contribution is -2.07. The minimum Gasteiger partial charge on any atom is -0.478 e. The van der Waals surface area contributed by atoms with E-state index in [1.807, 2.05) is 0 Å². The summed E-state index contributed by atoms with van der Waals surface area (Å²) in [5.41, 5.74) is -0.890. The van der Waals surface area contributed by atoms with E-state index in [1.165, 1.54) is 22.6 Å². The average molecular weight is 319 g/mol. The molecule has 1 heterocycles. The van der Waals surface area contributed by atoms with Crippen molar-refractivity contribution in [3.63, 3.8) is 0 Å². The zero-order valence-corrected chi connectivity index (χ0v) is 8.73. The number of hydrogen-bond acceptors (Lipinski definition) is 2. The Hall–Kier alpha value is -0.500. The number of hydrogen-bond donors (Lipinski definition) is 1. The van der Waals surface area contributed by atoms with E-state index in [0.717, 1.165) is 0 Å². The number of carboxylic acids is 1. The van der Waals surface area contributed by atoms with Gasteiger partial charge in [-0.05, 0) is 22.6 Å². The van der Waals surface area contributed by atoms with Crippen LogP contribution in [-0.2, 0) is 0 Å². The largest absolute Gasteiger partial charge is 0.478 e. The summed E-state index contributed by atoms with van der Waals surface area (Å²) in [7, 11) is 0. The van der Waals surface area contributed by atoms with Crippen LogP contribution in [0.2, 0.25) is 5.02 Å². The molecule has 1 aromatic rings. The number of halogens is 4. The molecule has 0 bridgehead atoms. The molecule has 7 heteroatoms. The van der Waals surface area contributed by atoms with Crippen molar-refractivity contribution < 1.29 is 18.7 Å². The molecule has 0 aromatic carbocycles. The summed E-state index contributed by atoms with van der Waals surface area (Å²) in [6.45, 7) is 0. The monoisotopic (exact) mass is 319 g/mol. The smallest absolute Gasteiger partial charge is 0.340 e. The molecule has 0 unspecified atom stereocenters. The zero-order chi connectivity index (χ0) is 10.2. The third-order valence-corrected chi connectivity index (χ3v) is 2.68. The lowest BCUT2D eigenvalue weighted by molar-refractivity contribution is 0.0690. The Morgan fingerprint density at radius 2 is 2.08 bits per heavy atom. The normalized spacial score (nSPS) is 10.2. The van der Waals surface area contributed by atoms with Gasteiger partial charge < -0.3 is 5.11 Å². The van der Waals surface area contributed by atoms with Crippen LogP contribution in [0.4, 0.5) is 8.78 Å². The summed E-state index contributed by atoms with van der Waals surface area (Å²) >= 11 is 6.92. The van der Waals surface area contributed by atoms with Crippen LogP contribution >= 0.6 is 34.2 Å². The van der Waals surface area contributed by atoms with Crippen LogP contribution in [-0.4, -0.2) is 16.1 Å². The number of rotatable bonds is 1. The third kappa shape index (κ3) is 1.88. The number of aromatic nitrogens is 1. The minimum atomic E-state index is -1.62. The van der Waals surface area contributed by atoms with Gasteiger partial charge in [0.1, 0.15) is 9.26 Å². The predicted molar refractivity (Wildman–Crippen MR) is 48.8 cm³/mol. The van der Waals surface area contributed by atoms with Crippen molar-refractivity contribution in [1.29, 1.82) is 0 Å². The molecule has 1 N–H and O–H groups in total. The van der Waals surface area contributed by atoms with Crippen LogP contribution < -0.4 is 0 Å². The van der Waals surface area contributed by atoms with Gasteiger partial charge in [0.2, 0.25) is 0 Å². The van der Waals surface area contributed by atoms with Crippen molar-refractivity contribution in [2.75, 3.05) is 0 Å². The Labute approximate surface area is 89.9 Å². The van der Waals surface area contributed by atoms with E-state index in [0.29, 0.717) is 0 Å². The van der Waals surface area contributed by atoms with Gasteiger partial charge in [-0.25, -0.2) is 14.2 Å². The molecule has 70 valence electrons. The number of nitrogens with zero attached hydrogens (tertiary/aromatic N) is 1. The highest BCUT2D eigenvalue weighted by Crippen LogP contribution is 2.24. The molecule has 1 aromatic heterocycles. The molecule has 0 aliphatic carbocycles. The van der Waals surface area contributed by atoms with E-state index in [4.69, 9.17) is 16.7 Å². The molecular weight excluding hydrogens is 318 g/mol.